The van der Waals surface area contributed by atoms with Crippen molar-refractivity contribution in [1.29, 1.82) is 0 Å². The Morgan fingerprint density at radius 1 is 1.25 bits per heavy atom. The minimum atomic E-state index is 0.401. The highest BCUT2D eigenvalue weighted by molar-refractivity contribution is 5.42. The molecule has 1 aliphatic heterocycles. The normalized spacial score (nSPS) is 16.6. The van der Waals surface area contributed by atoms with E-state index < -0.39 is 0 Å². The molecule has 16 heavy (non-hydrogen) atoms. The molecule has 0 spiro atoms. The Morgan fingerprint density at radius 2 is 1.88 bits per heavy atom. The summed E-state index contributed by atoms with van der Waals surface area (Å²) < 4.78 is 5.29. The Labute approximate surface area is 95.8 Å². The number of rotatable bonds is 3. The van der Waals surface area contributed by atoms with Crippen LogP contribution in [0.1, 0.15) is 13.8 Å². The Kier molecular flexibility index (Phi) is 3.56. The summed E-state index contributed by atoms with van der Waals surface area (Å²) in [6, 6.07) is 0.401. The molecular formula is C11H18N4O. The highest BCUT2D eigenvalue weighted by Gasteiger charge is 2.13. The first kappa shape index (κ1) is 11.1. The third-order valence-corrected chi connectivity index (χ3v) is 2.39. The van der Waals surface area contributed by atoms with Crippen LogP contribution in [0.15, 0.2) is 12.4 Å². The minimum absolute atomic E-state index is 0.401. The smallest absolute Gasteiger partial charge is 0.225 e. The zero-order valence-electron chi connectivity index (χ0n) is 9.81. The Balaban J connectivity index is 2.00. The summed E-state index contributed by atoms with van der Waals surface area (Å²) in [5.74, 6) is 0.789. The van der Waals surface area contributed by atoms with E-state index in [1.165, 1.54) is 0 Å². The zero-order chi connectivity index (χ0) is 11.4. The molecule has 0 saturated carbocycles. The summed E-state index contributed by atoms with van der Waals surface area (Å²) in [4.78, 5) is 10.8. The molecule has 88 valence electrons. The van der Waals surface area contributed by atoms with Gasteiger partial charge in [0, 0.05) is 19.1 Å². The van der Waals surface area contributed by atoms with E-state index in [0.29, 0.717) is 6.04 Å². The largest absolute Gasteiger partial charge is 0.380 e. The van der Waals surface area contributed by atoms with Gasteiger partial charge in [0.15, 0.2) is 0 Å². The summed E-state index contributed by atoms with van der Waals surface area (Å²) in [5.41, 5.74) is 0.965. The van der Waals surface area contributed by atoms with Gasteiger partial charge < -0.3 is 15.0 Å². The van der Waals surface area contributed by atoms with Gasteiger partial charge >= 0.3 is 0 Å². The van der Waals surface area contributed by atoms with Crippen molar-refractivity contribution < 1.29 is 4.74 Å². The molecule has 0 aliphatic carbocycles. The number of morpholine rings is 1. The fourth-order valence-electron chi connectivity index (χ4n) is 1.66. The molecule has 0 atom stereocenters. The summed E-state index contributed by atoms with van der Waals surface area (Å²) in [7, 11) is 0. The van der Waals surface area contributed by atoms with E-state index in [-0.39, 0.29) is 0 Å². The second-order valence-electron chi connectivity index (χ2n) is 4.17. The maximum Gasteiger partial charge on any atom is 0.225 e. The van der Waals surface area contributed by atoms with Gasteiger partial charge in [0.1, 0.15) is 0 Å². The molecule has 1 fully saturated rings. The van der Waals surface area contributed by atoms with Crippen molar-refractivity contribution in [3.8, 4) is 0 Å². The van der Waals surface area contributed by atoms with Crippen LogP contribution >= 0.6 is 0 Å². The number of hydrogen-bond donors (Lipinski definition) is 1. The predicted molar refractivity (Wildman–Crippen MR) is 63.8 cm³/mol. The summed E-state index contributed by atoms with van der Waals surface area (Å²) in [6.45, 7) is 7.45. The van der Waals surface area contributed by atoms with Gasteiger partial charge in [-0.15, -0.1) is 0 Å². The van der Waals surface area contributed by atoms with Gasteiger partial charge in [-0.25, -0.2) is 9.97 Å². The van der Waals surface area contributed by atoms with Crippen LogP contribution in [0.3, 0.4) is 0 Å². The molecular weight excluding hydrogens is 204 g/mol. The number of nitrogens with zero attached hydrogens (tertiary/aromatic N) is 3. The van der Waals surface area contributed by atoms with Gasteiger partial charge in [0.2, 0.25) is 5.95 Å². The zero-order valence-corrected chi connectivity index (χ0v) is 9.81. The molecule has 1 saturated heterocycles. The van der Waals surface area contributed by atoms with Crippen LogP contribution in [0.25, 0.3) is 0 Å². The lowest BCUT2D eigenvalue weighted by molar-refractivity contribution is 0.122. The highest BCUT2D eigenvalue weighted by Crippen LogP contribution is 2.12. The fraction of sp³-hybridized carbons (Fsp3) is 0.636. The second-order valence-corrected chi connectivity index (χ2v) is 4.17. The SMILES string of the molecule is CC(C)Nc1cnc(N2CCOCC2)nc1. The van der Waals surface area contributed by atoms with E-state index in [2.05, 4.69) is 34.0 Å². The van der Waals surface area contributed by atoms with E-state index in [1.807, 2.05) is 12.4 Å². The van der Waals surface area contributed by atoms with E-state index >= 15 is 0 Å². The third-order valence-electron chi connectivity index (χ3n) is 2.39. The predicted octanol–water partition coefficient (Wildman–Crippen LogP) is 1.13. The van der Waals surface area contributed by atoms with Gasteiger partial charge in [-0.2, -0.15) is 0 Å². The molecule has 0 radical (unpaired) electrons. The van der Waals surface area contributed by atoms with E-state index in [0.717, 1.165) is 37.9 Å². The molecule has 0 aromatic carbocycles. The number of anilines is 2. The maximum atomic E-state index is 5.29. The number of hydrogen-bond acceptors (Lipinski definition) is 5. The third kappa shape index (κ3) is 2.82. The van der Waals surface area contributed by atoms with Crippen LogP contribution in [0, 0.1) is 0 Å². The molecule has 1 aromatic heterocycles. The lowest BCUT2D eigenvalue weighted by Gasteiger charge is -2.26. The van der Waals surface area contributed by atoms with Gasteiger partial charge in [-0.1, -0.05) is 0 Å². The Bertz CT molecular complexity index is 319. The van der Waals surface area contributed by atoms with E-state index in [9.17, 15) is 0 Å². The van der Waals surface area contributed by atoms with Gasteiger partial charge in [0.25, 0.3) is 0 Å². The van der Waals surface area contributed by atoms with E-state index in [4.69, 9.17) is 4.74 Å². The average molecular weight is 222 g/mol. The lowest BCUT2D eigenvalue weighted by Crippen LogP contribution is -2.37. The van der Waals surface area contributed by atoms with Crippen molar-refractivity contribution in [2.24, 2.45) is 0 Å². The average Bonchev–Trinajstić information content (AvgIpc) is 2.30. The quantitative estimate of drug-likeness (QED) is 0.831. The molecule has 2 heterocycles. The second kappa shape index (κ2) is 5.12. The number of nitrogens with one attached hydrogen (secondary N) is 1. The van der Waals surface area contributed by atoms with Crippen LogP contribution in [0.5, 0.6) is 0 Å². The first-order chi connectivity index (χ1) is 7.75. The van der Waals surface area contributed by atoms with Gasteiger partial charge in [0.05, 0.1) is 31.3 Å². The molecule has 1 N–H and O–H groups in total. The number of ether oxygens (including phenoxy) is 1. The van der Waals surface area contributed by atoms with Crippen LogP contribution in [-0.2, 0) is 4.74 Å². The molecule has 2 rings (SSSR count). The number of aromatic nitrogens is 2. The molecule has 0 unspecified atom stereocenters. The standard InChI is InChI=1S/C11H18N4O/c1-9(2)14-10-7-12-11(13-8-10)15-3-5-16-6-4-15/h7-9,14H,3-6H2,1-2H3. The van der Waals surface area contributed by atoms with Crippen LogP contribution in [-0.4, -0.2) is 42.3 Å². The molecule has 1 aromatic rings. The molecule has 1 aliphatic rings. The first-order valence-corrected chi connectivity index (χ1v) is 5.67. The topological polar surface area (TPSA) is 50.3 Å². The van der Waals surface area contributed by atoms with Crippen molar-refractivity contribution in [3.05, 3.63) is 12.4 Å². The molecule has 0 bridgehead atoms. The van der Waals surface area contributed by atoms with Crippen LogP contribution < -0.4 is 10.2 Å². The van der Waals surface area contributed by atoms with Crippen LogP contribution in [0.2, 0.25) is 0 Å². The fourth-order valence-corrected chi connectivity index (χ4v) is 1.66. The molecule has 5 nitrogen and oxygen atoms in total. The Hall–Kier alpha value is -1.36. The van der Waals surface area contributed by atoms with Crippen molar-refractivity contribution in [2.75, 3.05) is 36.5 Å². The van der Waals surface area contributed by atoms with Gasteiger partial charge in [-0.3, -0.25) is 0 Å². The summed E-state index contributed by atoms with van der Waals surface area (Å²) in [5, 5.41) is 3.27. The first-order valence-electron chi connectivity index (χ1n) is 5.67. The summed E-state index contributed by atoms with van der Waals surface area (Å²) >= 11 is 0. The van der Waals surface area contributed by atoms with Crippen molar-refractivity contribution in [3.63, 3.8) is 0 Å². The highest BCUT2D eigenvalue weighted by atomic mass is 16.5. The van der Waals surface area contributed by atoms with Crippen molar-refractivity contribution in [2.45, 2.75) is 19.9 Å². The molecule has 5 heteroatoms. The maximum absolute atomic E-state index is 5.29. The Morgan fingerprint density at radius 3 is 2.44 bits per heavy atom. The molecule has 0 amide bonds. The summed E-state index contributed by atoms with van der Waals surface area (Å²) in [6.07, 6.45) is 3.66. The monoisotopic (exact) mass is 222 g/mol. The minimum Gasteiger partial charge on any atom is -0.380 e. The van der Waals surface area contributed by atoms with Crippen molar-refractivity contribution in [1.82, 2.24) is 9.97 Å². The lowest BCUT2D eigenvalue weighted by atomic mass is 10.4. The van der Waals surface area contributed by atoms with E-state index in [1.54, 1.807) is 0 Å². The van der Waals surface area contributed by atoms with Crippen LogP contribution in [0.4, 0.5) is 11.6 Å². The van der Waals surface area contributed by atoms with Gasteiger partial charge in [-0.05, 0) is 13.8 Å². The van der Waals surface area contributed by atoms with Crippen molar-refractivity contribution >= 4 is 11.6 Å².